The highest BCUT2D eigenvalue weighted by Crippen LogP contribution is 2.37. The average Bonchev–Trinajstić information content (AvgIpc) is 3.30. The van der Waals surface area contributed by atoms with E-state index < -0.39 is 21.9 Å². The van der Waals surface area contributed by atoms with Crippen LogP contribution in [0.5, 0.6) is 5.75 Å². The van der Waals surface area contributed by atoms with E-state index in [0.717, 1.165) is 16.5 Å². The highest BCUT2D eigenvalue weighted by molar-refractivity contribution is 7.89. The second kappa shape index (κ2) is 10.1. The molecule has 0 radical (unpaired) electrons. The number of piperidine rings is 1. The van der Waals surface area contributed by atoms with Gasteiger partial charge in [0.2, 0.25) is 10.0 Å². The lowest BCUT2D eigenvalue weighted by molar-refractivity contribution is 0.0600. The van der Waals surface area contributed by atoms with Gasteiger partial charge in [0.15, 0.2) is 0 Å². The average molecular weight is 500 g/mol. The van der Waals surface area contributed by atoms with Gasteiger partial charge in [-0.1, -0.05) is 12.1 Å². The van der Waals surface area contributed by atoms with Crippen LogP contribution in [0.4, 0.5) is 0 Å². The van der Waals surface area contributed by atoms with Crippen molar-refractivity contribution in [2.45, 2.75) is 32.3 Å². The van der Waals surface area contributed by atoms with Crippen molar-refractivity contribution in [1.82, 2.24) is 9.29 Å². The maximum atomic E-state index is 12.2. The number of amides is 1. The van der Waals surface area contributed by atoms with Gasteiger partial charge in [-0.25, -0.2) is 17.5 Å². The Kier molecular flexibility index (Phi) is 7.13. The Labute approximate surface area is 204 Å². The van der Waals surface area contributed by atoms with Gasteiger partial charge in [-0.15, -0.1) is 0 Å². The van der Waals surface area contributed by atoms with Crippen molar-refractivity contribution in [2.75, 3.05) is 26.0 Å². The monoisotopic (exact) mass is 499 g/mol. The number of nitrogens with one attached hydrogen (secondary N) is 1. The van der Waals surface area contributed by atoms with Gasteiger partial charge in [0.25, 0.3) is 5.91 Å². The first kappa shape index (κ1) is 24.7. The molecule has 1 aromatic heterocycles. The summed E-state index contributed by atoms with van der Waals surface area (Å²) in [7, 11) is -1.87. The zero-order chi connectivity index (χ0) is 25.2. The fourth-order valence-electron chi connectivity index (χ4n) is 4.49. The first-order valence-electron chi connectivity index (χ1n) is 11.5. The Balaban J connectivity index is 1.56. The Hall–Kier alpha value is -3.37. The summed E-state index contributed by atoms with van der Waals surface area (Å²) in [5, 5.41) is 0.842. The number of ether oxygens (including phenoxy) is 2. The number of H-pyrrole nitrogens is 1. The molecule has 0 spiro atoms. The quantitative estimate of drug-likeness (QED) is 0.458. The summed E-state index contributed by atoms with van der Waals surface area (Å²) in [6.45, 7) is 2.82. The van der Waals surface area contributed by atoms with E-state index in [1.54, 1.807) is 41.6 Å². The molecule has 35 heavy (non-hydrogen) atoms. The molecule has 0 atom stereocenters. The summed E-state index contributed by atoms with van der Waals surface area (Å²) >= 11 is 0. The minimum Gasteiger partial charge on any atom is -0.489 e. The molecule has 0 aliphatic carbocycles. The number of primary amides is 1. The molecule has 1 saturated heterocycles. The molecule has 2 heterocycles. The molecule has 10 heteroatoms. The van der Waals surface area contributed by atoms with Crippen molar-refractivity contribution in [1.29, 1.82) is 0 Å². The van der Waals surface area contributed by atoms with E-state index in [2.05, 4.69) is 4.98 Å². The zero-order valence-electron chi connectivity index (χ0n) is 19.7. The molecule has 186 valence electrons. The minimum atomic E-state index is -3.20. The third kappa shape index (κ3) is 5.18. The van der Waals surface area contributed by atoms with E-state index in [1.165, 1.54) is 7.11 Å². The summed E-state index contributed by atoms with van der Waals surface area (Å²) in [4.78, 5) is 27.0. The van der Waals surface area contributed by atoms with Crippen LogP contribution in [0.25, 0.3) is 10.9 Å². The molecule has 9 nitrogen and oxygen atoms in total. The van der Waals surface area contributed by atoms with Crippen LogP contribution in [0.1, 0.15) is 57.5 Å². The molecule has 0 bridgehead atoms. The smallest absolute Gasteiger partial charge is 0.337 e. The SMILES string of the molecule is CCS(=O)(=O)N1CCC(c2c[nH]c3c(C(N)=O)cc(OCc4ccc(C(=O)OC)cc4)cc23)CC1. The number of carbonyl (C=O) groups is 2. The molecule has 0 saturated carbocycles. The molecule has 0 unspecified atom stereocenters. The van der Waals surface area contributed by atoms with Gasteiger partial charge in [-0.05, 0) is 61.1 Å². The predicted molar refractivity (Wildman–Crippen MR) is 132 cm³/mol. The van der Waals surface area contributed by atoms with E-state index >= 15 is 0 Å². The van der Waals surface area contributed by atoms with Crippen LogP contribution in [0.3, 0.4) is 0 Å². The molecule has 3 N–H and O–H groups in total. The van der Waals surface area contributed by atoms with E-state index in [-0.39, 0.29) is 18.3 Å². The van der Waals surface area contributed by atoms with Crippen LogP contribution < -0.4 is 10.5 Å². The number of aromatic nitrogens is 1. The normalized spacial score (nSPS) is 15.3. The fraction of sp³-hybridized carbons (Fsp3) is 0.360. The summed E-state index contributed by atoms with van der Waals surface area (Å²) in [6.07, 6.45) is 3.26. The third-order valence-electron chi connectivity index (χ3n) is 6.49. The number of nitrogens with two attached hydrogens (primary N) is 1. The number of esters is 1. The number of hydrogen-bond donors (Lipinski definition) is 2. The van der Waals surface area contributed by atoms with Crippen LogP contribution >= 0.6 is 0 Å². The van der Waals surface area contributed by atoms with Crippen molar-refractivity contribution >= 4 is 32.8 Å². The first-order valence-corrected chi connectivity index (χ1v) is 13.1. The van der Waals surface area contributed by atoms with Gasteiger partial charge >= 0.3 is 5.97 Å². The topological polar surface area (TPSA) is 132 Å². The largest absolute Gasteiger partial charge is 0.489 e. The lowest BCUT2D eigenvalue weighted by Gasteiger charge is -2.31. The lowest BCUT2D eigenvalue weighted by atomic mass is 9.89. The molecule has 2 aromatic carbocycles. The minimum absolute atomic E-state index is 0.0961. The van der Waals surface area contributed by atoms with Crippen molar-refractivity contribution in [3.05, 3.63) is 64.8 Å². The molecular formula is C25H29N3O6S. The van der Waals surface area contributed by atoms with E-state index in [1.807, 2.05) is 12.3 Å². The molecule has 1 aliphatic rings. The summed E-state index contributed by atoms with van der Waals surface area (Å²) in [6, 6.07) is 10.4. The van der Waals surface area contributed by atoms with Gasteiger partial charge in [-0.3, -0.25) is 4.79 Å². The van der Waals surface area contributed by atoms with Crippen LogP contribution in [0, 0.1) is 0 Å². The van der Waals surface area contributed by atoms with Gasteiger partial charge < -0.3 is 20.2 Å². The lowest BCUT2D eigenvalue weighted by Crippen LogP contribution is -2.38. The van der Waals surface area contributed by atoms with Crippen LogP contribution in [-0.2, 0) is 21.4 Å². The van der Waals surface area contributed by atoms with Gasteiger partial charge in [0, 0.05) is 24.7 Å². The Morgan fingerprint density at radius 2 is 1.83 bits per heavy atom. The number of rotatable bonds is 8. The summed E-state index contributed by atoms with van der Waals surface area (Å²) in [5.74, 6) is -0.241. The number of aromatic amines is 1. The second-order valence-electron chi connectivity index (χ2n) is 8.55. The summed E-state index contributed by atoms with van der Waals surface area (Å²) in [5.41, 5.74) is 8.94. The molecule has 3 aromatic rings. The van der Waals surface area contributed by atoms with Crippen LogP contribution in [0.2, 0.25) is 0 Å². The fourth-order valence-corrected chi connectivity index (χ4v) is 5.62. The van der Waals surface area contributed by atoms with Crippen molar-refractivity contribution in [3.8, 4) is 5.75 Å². The first-order chi connectivity index (χ1) is 16.7. The van der Waals surface area contributed by atoms with Gasteiger partial charge in [-0.2, -0.15) is 0 Å². The van der Waals surface area contributed by atoms with Gasteiger partial charge in [0.05, 0.1) is 29.5 Å². The van der Waals surface area contributed by atoms with Crippen molar-refractivity contribution in [3.63, 3.8) is 0 Å². The highest BCUT2D eigenvalue weighted by atomic mass is 32.2. The highest BCUT2D eigenvalue weighted by Gasteiger charge is 2.29. The molecule has 4 rings (SSSR count). The number of methoxy groups -OCH3 is 1. The van der Waals surface area contributed by atoms with Crippen LogP contribution in [-0.4, -0.2) is 55.5 Å². The number of benzene rings is 2. The molecule has 1 amide bonds. The van der Waals surface area contributed by atoms with Crippen LogP contribution in [0.15, 0.2) is 42.6 Å². The predicted octanol–water partition coefficient (Wildman–Crippen LogP) is 3.16. The Morgan fingerprint density at radius 3 is 2.43 bits per heavy atom. The third-order valence-corrected chi connectivity index (χ3v) is 8.37. The number of nitrogens with zero attached hydrogens (tertiary/aromatic N) is 1. The van der Waals surface area contributed by atoms with Gasteiger partial charge in [0.1, 0.15) is 12.4 Å². The summed E-state index contributed by atoms with van der Waals surface area (Å²) < 4.78 is 36.7. The Morgan fingerprint density at radius 1 is 1.14 bits per heavy atom. The number of sulfonamides is 1. The standard InChI is InChI=1S/C25H29N3O6S/c1-3-35(31,32)28-10-8-17(9-11-28)22-14-27-23-20(22)12-19(13-21(23)24(26)29)34-15-16-4-6-18(7-5-16)25(30)33-2/h4-7,12-14,17,27H,3,8-11,15H2,1-2H3,(H2,26,29). The molecular weight excluding hydrogens is 470 g/mol. The van der Waals surface area contributed by atoms with E-state index in [0.29, 0.717) is 48.3 Å². The van der Waals surface area contributed by atoms with Crippen molar-refractivity contribution in [2.24, 2.45) is 5.73 Å². The van der Waals surface area contributed by atoms with Crippen molar-refractivity contribution < 1.29 is 27.5 Å². The number of fused-ring (bicyclic) bond motifs is 1. The van der Waals surface area contributed by atoms with E-state index in [9.17, 15) is 18.0 Å². The number of carbonyl (C=O) groups excluding carboxylic acids is 2. The molecule has 1 fully saturated rings. The molecule has 1 aliphatic heterocycles. The maximum Gasteiger partial charge on any atom is 0.337 e. The maximum absolute atomic E-state index is 12.2. The zero-order valence-corrected chi connectivity index (χ0v) is 20.6. The number of hydrogen-bond acceptors (Lipinski definition) is 6. The second-order valence-corrected chi connectivity index (χ2v) is 10.8. The van der Waals surface area contributed by atoms with E-state index in [4.69, 9.17) is 15.2 Å². The Bertz CT molecular complexity index is 1340.